The fraction of sp³-hybridized carbons (Fsp3) is 0.188. The van der Waals surface area contributed by atoms with Crippen LogP contribution in [0.1, 0.15) is 11.1 Å². The Balaban J connectivity index is 1.72. The summed E-state index contributed by atoms with van der Waals surface area (Å²) in [5.74, 6) is 2.09. The van der Waals surface area contributed by atoms with Crippen LogP contribution in [0.5, 0.6) is 17.2 Å². The van der Waals surface area contributed by atoms with Crippen molar-refractivity contribution >= 4 is 5.69 Å². The van der Waals surface area contributed by atoms with E-state index >= 15 is 0 Å². The van der Waals surface area contributed by atoms with Crippen LogP contribution in [-0.4, -0.2) is 13.9 Å². The van der Waals surface area contributed by atoms with Crippen molar-refractivity contribution in [3.8, 4) is 23.3 Å². The number of anilines is 1. The molecule has 0 atom stereocenters. The van der Waals surface area contributed by atoms with Crippen molar-refractivity contribution in [1.29, 1.82) is 5.26 Å². The van der Waals surface area contributed by atoms with Gasteiger partial charge in [-0.2, -0.15) is 5.26 Å². The maximum atomic E-state index is 9.08. The van der Waals surface area contributed by atoms with E-state index in [1.54, 1.807) is 13.2 Å². The number of rotatable bonds is 4. The second kappa shape index (κ2) is 5.63. The van der Waals surface area contributed by atoms with Gasteiger partial charge in [0.1, 0.15) is 11.8 Å². The van der Waals surface area contributed by atoms with Gasteiger partial charge in [-0.05, 0) is 29.8 Å². The number of fused-ring (bicyclic) bond motifs is 1. The van der Waals surface area contributed by atoms with E-state index in [1.807, 2.05) is 30.3 Å². The quantitative estimate of drug-likeness (QED) is 0.934. The van der Waals surface area contributed by atoms with Crippen molar-refractivity contribution in [2.45, 2.75) is 6.54 Å². The predicted molar refractivity (Wildman–Crippen MR) is 77.6 cm³/mol. The minimum Gasteiger partial charge on any atom is -0.495 e. The van der Waals surface area contributed by atoms with Crippen LogP contribution < -0.4 is 19.5 Å². The molecule has 0 saturated carbocycles. The van der Waals surface area contributed by atoms with Crippen molar-refractivity contribution in [1.82, 2.24) is 0 Å². The van der Waals surface area contributed by atoms with Gasteiger partial charge in [-0.15, -0.1) is 0 Å². The number of benzene rings is 2. The summed E-state index contributed by atoms with van der Waals surface area (Å²) >= 11 is 0. The summed E-state index contributed by atoms with van der Waals surface area (Å²) in [6.07, 6.45) is 0. The lowest BCUT2D eigenvalue weighted by Crippen LogP contribution is -2.00. The lowest BCUT2D eigenvalue weighted by atomic mass is 10.1. The van der Waals surface area contributed by atoms with Crippen molar-refractivity contribution in [2.75, 3.05) is 19.2 Å². The molecule has 1 heterocycles. The predicted octanol–water partition coefficient (Wildman–Crippen LogP) is 2.91. The fourth-order valence-electron chi connectivity index (χ4n) is 2.16. The van der Waals surface area contributed by atoms with Crippen LogP contribution in [0.2, 0.25) is 0 Å². The van der Waals surface area contributed by atoms with E-state index in [9.17, 15) is 0 Å². The first-order valence-electron chi connectivity index (χ1n) is 6.50. The first kappa shape index (κ1) is 13.1. The van der Waals surface area contributed by atoms with E-state index in [4.69, 9.17) is 19.5 Å². The summed E-state index contributed by atoms with van der Waals surface area (Å²) in [5, 5.41) is 12.4. The van der Waals surface area contributed by atoms with Gasteiger partial charge in [-0.3, -0.25) is 0 Å². The van der Waals surface area contributed by atoms with Crippen molar-refractivity contribution in [2.24, 2.45) is 0 Å². The molecule has 0 saturated heterocycles. The summed E-state index contributed by atoms with van der Waals surface area (Å²) in [5.41, 5.74) is 2.47. The zero-order chi connectivity index (χ0) is 14.7. The van der Waals surface area contributed by atoms with Gasteiger partial charge in [0.05, 0.1) is 12.7 Å². The van der Waals surface area contributed by atoms with E-state index in [0.29, 0.717) is 17.9 Å². The lowest BCUT2D eigenvalue weighted by molar-refractivity contribution is 0.174. The summed E-state index contributed by atoms with van der Waals surface area (Å²) in [4.78, 5) is 0. The van der Waals surface area contributed by atoms with Gasteiger partial charge in [0.25, 0.3) is 0 Å². The Kier molecular flexibility index (Phi) is 3.52. The largest absolute Gasteiger partial charge is 0.495 e. The van der Waals surface area contributed by atoms with Crippen LogP contribution in [0.3, 0.4) is 0 Å². The second-order valence-electron chi connectivity index (χ2n) is 4.57. The molecule has 5 heteroatoms. The zero-order valence-electron chi connectivity index (χ0n) is 11.6. The van der Waals surface area contributed by atoms with Gasteiger partial charge in [0.15, 0.2) is 11.5 Å². The standard InChI is InChI=1S/C16H14N2O3/c1-19-14-4-2-11(6-12(14)8-17)9-18-13-3-5-15-16(7-13)21-10-20-15/h2-7,18H,9-10H2,1H3. The van der Waals surface area contributed by atoms with Crippen LogP contribution >= 0.6 is 0 Å². The minimum atomic E-state index is 0.267. The molecule has 0 bridgehead atoms. The normalized spacial score (nSPS) is 11.8. The highest BCUT2D eigenvalue weighted by atomic mass is 16.7. The molecular formula is C16H14N2O3. The van der Waals surface area contributed by atoms with Crippen molar-refractivity contribution in [3.63, 3.8) is 0 Å². The molecule has 1 aliphatic rings. The molecule has 1 N–H and O–H groups in total. The molecule has 0 fully saturated rings. The zero-order valence-corrected chi connectivity index (χ0v) is 11.6. The van der Waals surface area contributed by atoms with E-state index in [-0.39, 0.29) is 6.79 Å². The van der Waals surface area contributed by atoms with Crippen LogP contribution in [0.4, 0.5) is 5.69 Å². The van der Waals surface area contributed by atoms with Crippen LogP contribution in [0.15, 0.2) is 36.4 Å². The molecule has 1 aliphatic heterocycles. The first-order valence-corrected chi connectivity index (χ1v) is 6.50. The monoisotopic (exact) mass is 282 g/mol. The second-order valence-corrected chi connectivity index (χ2v) is 4.57. The highest BCUT2D eigenvalue weighted by molar-refractivity contribution is 5.56. The average Bonchev–Trinajstić information content (AvgIpc) is 3.00. The average molecular weight is 282 g/mol. The molecule has 0 aliphatic carbocycles. The molecular weight excluding hydrogens is 268 g/mol. The number of ether oxygens (including phenoxy) is 3. The minimum absolute atomic E-state index is 0.267. The summed E-state index contributed by atoms with van der Waals surface area (Å²) in [7, 11) is 1.56. The van der Waals surface area contributed by atoms with E-state index in [1.165, 1.54) is 0 Å². The fourth-order valence-corrected chi connectivity index (χ4v) is 2.16. The van der Waals surface area contributed by atoms with Gasteiger partial charge in [0.2, 0.25) is 6.79 Å². The molecule has 21 heavy (non-hydrogen) atoms. The Labute approximate surface area is 122 Å². The molecule has 5 nitrogen and oxygen atoms in total. The highest BCUT2D eigenvalue weighted by Crippen LogP contribution is 2.34. The van der Waals surface area contributed by atoms with Gasteiger partial charge in [-0.25, -0.2) is 0 Å². The number of nitrogens with one attached hydrogen (secondary N) is 1. The maximum absolute atomic E-state index is 9.08. The van der Waals surface area contributed by atoms with Crippen LogP contribution in [0, 0.1) is 11.3 Å². The third-order valence-corrected chi connectivity index (χ3v) is 3.25. The third kappa shape index (κ3) is 2.70. The molecule has 2 aromatic rings. The summed E-state index contributed by atoms with van der Waals surface area (Å²) in [6.45, 7) is 0.876. The Hall–Kier alpha value is -2.87. The highest BCUT2D eigenvalue weighted by Gasteiger charge is 2.13. The van der Waals surface area contributed by atoms with E-state index in [0.717, 1.165) is 22.7 Å². The number of hydrogen-bond acceptors (Lipinski definition) is 5. The number of methoxy groups -OCH3 is 1. The smallest absolute Gasteiger partial charge is 0.231 e. The van der Waals surface area contributed by atoms with E-state index in [2.05, 4.69) is 11.4 Å². The molecule has 106 valence electrons. The SMILES string of the molecule is COc1ccc(CNc2ccc3c(c2)OCO3)cc1C#N. The maximum Gasteiger partial charge on any atom is 0.231 e. The Morgan fingerprint density at radius 2 is 2.05 bits per heavy atom. The molecule has 0 amide bonds. The van der Waals surface area contributed by atoms with E-state index < -0.39 is 0 Å². The van der Waals surface area contributed by atoms with Gasteiger partial charge in [-0.1, -0.05) is 6.07 Å². The van der Waals surface area contributed by atoms with Crippen LogP contribution in [0.25, 0.3) is 0 Å². The number of hydrogen-bond donors (Lipinski definition) is 1. The molecule has 2 aromatic carbocycles. The molecule has 0 unspecified atom stereocenters. The Bertz CT molecular complexity index is 707. The van der Waals surface area contributed by atoms with Gasteiger partial charge >= 0.3 is 0 Å². The van der Waals surface area contributed by atoms with Gasteiger partial charge < -0.3 is 19.5 Å². The first-order chi connectivity index (χ1) is 10.3. The summed E-state index contributed by atoms with van der Waals surface area (Å²) < 4.78 is 15.7. The molecule has 0 aromatic heterocycles. The Morgan fingerprint density at radius 3 is 2.86 bits per heavy atom. The third-order valence-electron chi connectivity index (χ3n) is 3.25. The molecule has 0 spiro atoms. The lowest BCUT2D eigenvalue weighted by Gasteiger charge is -2.09. The molecule has 0 radical (unpaired) electrons. The number of nitrogens with zero attached hydrogens (tertiary/aromatic N) is 1. The van der Waals surface area contributed by atoms with Gasteiger partial charge in [0, 0.05) is 18.3 Å². The van der Waals surface area contributed by atoms with Crippen molar-refractivity contribution < 1.29 is 14.2 Å². The topological polar surface area (TPSA) is 63.5 Å². The van der Waals surface area contributed by atoms with Crippen LogP contribution in [-0.2, 0) is 6.54 Å². The van der Waals surface area contributed by atoms with Crippen molar-refractivity contribution in [3.05, 3.63) is 47.5 Å². The number of nitriles is 1. The summed E-state index contributed by atoms with van der Waals surface area (Å²) in [6, 6.07) is 13.4. The Morgan fingerprint density at radius 1 is 1.19 bits per heavy atom. The molecule has 3 rings (SSSR count).